The van der Waals surface area contributed by atoms with E-state index in [9.17, 15) is 0 Å². The van der Waals surface area contributed by atoms with E-state index in [1.54, 1.807) is 12.4 Å². The Morgan fingerprint density at radius 1 is 1.25 bits per heavy atom. The second-order valence-electron chi connectivity index (χ2n) is 3.14. The van der Waals surface area contributed by atoms with Crippen molar-refractivity contribution in [1.82, 2.24) is 9.66 Å². The van der Waals surface area contributed by atoms with Crippen LogP contribution in [0.3, 0.4) is 0 Å². The summed E-state index contributed by atoms with van der Waals surface area (Å²) in [5.41, 5.74) is 1.10. The summed E-state index contributed by atoms with van der Waals surface area (Å²) in [7, 11) is 0. The van der Waals surface area contributed by atoms with Crippen molar-refractivity contribution in [3.05, 3.63) is 61.7 Å². The first kappa shape index (κ1) is 12.3. The first-order chi connectivity index (χ1) is 7.42. The molecule has 0 bridgehead atoms. The maximum absolute atomic E-state index is 4.01. The van der Waals surface area contributed by atoms with Crippen LogP contribution in [0, 0.1) is 0 Å². The summed E-state index contributed by atoms with van der Waals surface area (Å²) < 4.78 is 2.02. The van der Waals surface area contributed by atoms with Gasteiger partial charge < -0.3 is 0 Å². The van der Waals surface area contributed by atoms with Crippen LogP contribution in [0.5, 0.6) is 0 Å². The van der Waals surface area contributed by atoms with Crippen LogP contribution in [0.1, 0.15) is 0 Å². The highest BCUT2D eigenvalue weighted by molar-refractivity contribution is 5.85. The number of halogens is 1. The van der Waals surface area contributed by atoms with Crippen molar-refractivity contribution in [2.24, 2.45) is 0 Å². The highest BCUT2D eigenvalue weighted by atomic mass is 35.5. The number of rotatable bonds is 4. The predicted molar refractivity (Wildman–Crippen MR) is 68.9 cm³/mol. The van der Waals surface area contributed by atoms with E-state index in [0.717, 1.165) is 12.2 Å². The summed E-state index contributed by atoms with van der Waals surface area (Å²) in [6, 6.07) is 7.95. The summed E-state index contributed by atoms with van der Waals surface area (Å²) in [4.78, 5) is 4.01. The lowest BCUT2D eigenvalue weighted by Gasteiger charge is -2.24. The van der Waals surface area contributed by atoms with Crippen molar-refractivity contribution in [2.45, 2.75) is 0 Å². The maximum Gasteiger partial charge on any atom is 0.0612 e. The third kappa shape index (κ3) is 2.64. The van der Waals surface area contributed by atoms with Gasteiger partial charge in [0.1, 0.15) is 0 Å². The van der Waals surface area contributed by atoms with Gasteiger partial charge in [-0.15, -0.1) is 19.0 Å². The number of nitrogens with zero attached hydrogens (tertiary/aromatic N) is 3. The minimum atomic E-state index is 0. The van der Waals surface area contributed by atoms with Crippen LogP contribution < -0.4 is 5.01 Å². The molecule has 0 aliphatic rings. The van der Waals surface area contributed by atoms with Crippen molar-refractivity contribution in [3.8, 4) is 0 Å². The quantitative estimate of drug-likeness (QED) is 0.760. The summed E-state index contributed by atoms with van der Waals surface area (Å²) in [5.74, 6) is 0. The molecule has 3 nitrogen and oxygen atoms in total. The molecule has 0 spiro atoms. The molecule has 0 amide bonds. The van der Waals surface area contributed by atoms with Gasteiger partial charge in [0, 0.05) is 24.8 Å². The second kappa shape index (κ2) is 5.98. The Hall–Kier alpha value is -1.74. The van der Waals surface area contributed by atoms with Gasteiger partial charge in [-0.3, -0.25) is 14.7 Å². The number of pyridine rings is 1. The minimum Gasteiger partial charge on any atom is -0.278 e. The predicted octanol–water partition coefficient (Wildman–Crippen LogP) is 2.76. The van der Waals surface area contributed by atoms with Gasteiger partial charge in [0.05, 0.1) is 12.2 Å². The topological polar surface area (TPSA) is 21.1 Å². The van der Waals surface area contributed by atoms with Gasteiger partial charge in [0.25, 0.3) is 0 Å². The van der Waals surface area contributed by atoms with Crippen LogP contribution in [-0.2, 0) is 0 Å². The number of hydrogen-bond acceptors (Lipinski definition) is 2. The van der Waals surface area contributed by atoms with Crippen molar-refractivity contribution in [3.63, 3.8) is 0 Å². The zero-order valence-corrected chi connectivity index (χ0v) is 9.68. The zero-order chi connectivity index (χ0) is 10.5. The molecule has 0 radical (unpaired) electrons. The van der Waals surface area contributed by atoms with E-state index in [0.29, 0.717) is 0 Å². The van der Waals surface area contributed by atoms with E-state index in [4.69, 9.17) is 0 Å². The van der Waals surface area contributed by atoms with E-state index in [1.807, 2.05) is 47.4 Å². The first-order valence-corrected chi connectivity index (χ1v) is 4.83. The van der Waals surface area contributed by atoms with E-state index in [2.05, 4.69) is 16.6 Å². The number of hydrogen-bond donors (Lipinski definition) is 0. The van der Waals surface area contributed by atoms with Gasteiger partial charge in [-0.25, -0.2) is 0 Å². The molecule has 0 N–H and O–H groups in total. The third-order valence-corrected chi connectivity index (χ3v) is 2.13. The number of anilines is 1. The van der Waals surface area contributed by atoms with Crippen molar-refractivity contribution in [2.75, 3.05) is 11.6 Å². The number of aromatic nitrogens is 2. The zero-order valence-electron chi connectivity index (χ0n) is 8.86. The molecule has 16 heavy (non-hydrogen) atoms. The van der Waals surface area contributed by atoms with Gasteiger partial charge in [0.15, 0.2) is 0 Å². The molecule has 84 valence electrons. The molecule has 4 heteroatoms. The third-order valence-electron chi connectivity index (χ3n) is 2.13. The van der Waals surface area contributed by atoms with Gasteiger partial charge in [-0.05, 0) is 24.3 Å². The molecule has 0 aromatic carbocycles. The smallest absolute Gasteiger partial charge is 0.0612 e. The lowest BCUT2D eigenvalue weighted by Crippen LogP contribution is -2.28. The van der Waals surface area contributed by atoms with Crippen molar-refractivity contribution in [1.29, 1.82) is 0 Å². The average Bonchev–Trinajstić information content (AvgIpc) is 2.80. The Kier molecular flexibility index (Phi) is 4.61. The van der Waals surface area contributed by atoms with Crippen LogP contribution in [0.2, 0.25) is 0 Å². The Bertz CT molecular complexity index is 411. The molecule has 2 heterocycles. The molecule has 0 aliphatic carbocycles. The normalized spacial score (nSPS) is 9.25. The standard InChI is InChI=1S/C12H13N3.ClH/c1-2-9-15(14-10-3-4-11-14)12-5-7-13-8-6-12;/h2-8,10-11H,1,9H2;1H. The average molecular weight is 236 g/mol. The Balaban J connectivity index is 0.00000128. The highest BCUT2D eigenvalue weighted by Crippen LogP contribution is 2.13. The SMILES string of the molecule is C=CCN(c1ccncc1)n1cccc1.Cl. The Morgan fingerprint density at radius 3 is 2.44 bits per heavy atom. The van der Waals surface area contributed by atoms with Gasteiger partial charge in [-0.1, -0.05) is 6.08 Å². The molecular weight excluding hydrogens is 222 g/mol. The summed E-state index contributed by atoms with van der Waals surface area (Å²) in [6.07, 6.45) is 9.46. The Labute approximate surface area is 101 Å². The first-order valence-electron chi connectivity index (χ1n) is 4.83. The lowest BCUT2D eigenvalue weighted by atomic mass is 10.4. The van der Waals surface area contributed by atoms with E-state index in [1.165, 1.54) is 0 Å². The lowest BCUT2D eigenvalue weighted by molar-refractivity contribution is 0.741. The fourth-order valence-electron chi connectivity index (χ4n) is 1.46. The Morgan fingerprint density at radius 2 is 1.88 bits per heavy atom. The molecular formula is C12H14ClN3. The van der Waals surface area contributed by atoms with Gasteiger partial charge in [0.2, 0.25) is 0 Å². The van der Waals surface area contributed by atoms with Crippen LogP contribution in [0.15, 0.2) is 61.7 Å². The minimum absolute atomic E-state index is 0. The molecule has 0 aliphatic heterocycles. The molecule has 0 atom stereocenters. The largest absolute Gasteiger partial charge is 0.278 e. The maximum atomic E-state index is 4.01. The van der Waals surface area contributed by atoms with Gasteiger partial charge in [-0.2, -0.15) is 0 Å². The van der Waals surface area contributed by atoms with E-state index in [-0.39, 0.29) is 12.4 Å². The van der Waals surface area contributed by atoms with Crippen LogP contribution >= 0.6 is 12.4 Å². The molecule has 2 aromatic heterocycles. The van der Waals surface area contributed by atoms with E-state index < -0.39 is 0 Å². The van der Waals surface area contributed by atoms with Crippen molar-refractivity contribution < 1.29 is 0 Å². The fourth-order valence-corrected chi connectivity index (χ4v) is 1.46. The molecule has 0 saturated heterocycles. The van der Waals surface area contributed by atoms with Crippen molar-refractivity contribution >= 4 is 18.1 Å². The highest BCUT2D eigenvalue weighted by Gasteiger charge is 2.04. The van der Waals surface area contributed by atoms with Gasteiger partial charge >= 0.3 is 0 Å². The fraction of sp³-hybridized carbons (Fsp3) is 0.0833. The molecule has 2 rings (SSSR count). The summed E-state index contributed by atoms with van der Waals surface area (Å²) >= 11 is 0. The van der Waals surface area contributed by atoms with Crippen LogP contribution in [0.4, 0.5) is 5.69 Å². The summed E-state index contributed by atoms with van der Waals surface area (Å²) in [5, 5.41) is 2.11. The molecule has 0 fully saturated rings. The monoisotopic (exact) mass is 235 g/mol. The molecule has 2 aromatic rings. The molecule has 0 saturated carbocycles. The van der Waals surface area contributed by atoms with Crippen LogP contribution in [-0.4, -0.2) is 16.2 Å². The molecule has 0 unspecified atom stereocenters. The van der Waals surface area contributed by atoms with E-state index >= 15 is 0 Å². The summed E-state index contributed by atoms with van der Waals surface area (Å²) in [6.45, 7) is 4.53. The second-order valence-corrected chi connectivity index (χ2v) is 3.14. The van der Waals surface area contributed by atoms with Crippen LogP contribution in [0.25, 0.3) is 0 Å².